The maximum absolute atomic E-state index is 12.9. The van der Waals surface area contributed by atoms with E-state index in [0.29, 0.717) is 38.3 Å². The van der Waals surface area contributed by atoms with Gasteiger partial charge in [0.15, 0.2) is 18.1 Å². The summed E-state index contributed by atoms with van der Waals surface area (Å²) in [7, 11) is 0. The summed E-state index contributed by atoms with van der Waals surface area (Å²) >= 11 is 0. The van der Waals surface area contributed by atoms with Crippen molar-refractivity contribution in [2.75, 3.05) is 39.6 Å². The highest BCUT2D eigenvalue weighted by molar-refractivity contribution is 5.79. The van der Waals surface area contributed by atoms with Gasteiger partial charge in [0, 0.05) is 32.6 Å². The van der Waals surface area contributed by atoms with Gasteiger partial charge in [0.2, 0.25) is 12.7 Å². The molecule has 0 unspecified atom stereocenters. The topological polar surface area (TPSA) is 68.3 Å². The van der Waals surface area contributed by atoms with E-state index in [4.69, 9.17) is 14.2 Å². The summed E-state index contributed by atoms with van der Waals surface area (Å²) in [6.45, 7) is 2.16. The minimum atomic E-state index is -0.352. The molecule has 0 aromatic heterocycles. The van der Waals surface area contributed by atoms with Crippen molar-refractivity contribution in [3.8, 4) is 17.2 Å². The van der Waals surface area contributed by atoms with Crippen LogP contribution >= 0.6 is 0 Å². The standard InChI is InChI=1S/C23H25FN2O5/c24-18-5-7-19(8-6-18)29-15-23(28)26-12-10-25(11-13-26)22(27)3-1-2-17-4-9-20-21(14-17)31-16-30-20/h4-9,14H,1-3,10-13,15-16H2. The number of carbonyl (C=O) groups is 2. The molecule has 8 heteroatoms. The first-order valence-electron chi connectivity index (χ1n) is 10.4. The van der Waals surface area contributed by atoms with Crippen molar-refractivity contribution in [1.82, 2.24) is 9.80 Å². The normalized spacial score (nSPS) is 15.1. The molecule has 2 aliphatic heterocycles. The molecule has 0 atom stereocenters. The fourth-order valence-electron chi connectivity index (χ4n) is 3.67. The number of nitrogens with zero attached hydrogens (tertiary/aromatic N) is 2. The molecule has 0 N–H and O–H groups in total. The lowest BCUT2D eigenvalue weighted by Gasteiger charge is -2.34. The van der Waals surface area contributed by atoms with Crippen LogP contribution in [-0.4, -0.2) is 61.2 Å². The van der Waals surface area contributed by atoms with Crippen molar-refractivity contribution < 1.29 is 28.2 Å². The molecule has 0 bridgehead atoms. The van der Waals surface area contributed by atoms with Crippen LogP contribution in [0.5, 0.6) is 17.2 Å². The Balaban J connectivity index is 1.15. The van der Waals surface area contributed by atoms with E-state index >= 15 is 0 Å². The van der Waals surface area contributed by atoms with Crippen LogP contribution in [0.15, 0.2) is 42.5 Å². The highest BCUT2D eigenvalue weighted by Crippen LogP contribution is 2.32. The van der Waals surface area contributed by atoms with Crippen molar-refractivity contribution in [2.45, 2.75) is 19.3 Å². The molecule has 0 radical (unpaired) electrons. The lowest BCUT2D eigenvalue weighted by Crippen LogP contribution is -2.51. The zero-order chi connectivity index (χ0) is 21.6. The van der Waals surface area contributed by atoms with Crippen LogP contribution in [-0.2, 0) is 16.0 Å². The Morgan fingerprint density at radius 1 is 0.903 bits per heavy atom. The van der Waals surface area contributed by atoms with Crippen molar-refractivity contribution in [3.63, 3.8) is 0 Å². The van der Waals surface area contributed by atoms with E-state index < -0.39 is 0 Å². The van der Waals surface area contributed by atoms with Gasteiger partial charge in [-0.2, -0.15) is 0 Å². The number of aryl methyl sites for hydroxylation is 1. The molecule has 1 saturated heterocycles. The Hall–Kier alpha value is -3.29. The summed E-state index contributed by atoms with van der Waals surface area (Å²) in [6, 6.07) is 11.4. The van der Waals surface area contributed by atoms with Crippen LogP contribution < -0.4 is 14.2 Å². The lowest BCUT2D eigenvalue weighted by atomic mass is 10.1. The van der Waals surface area contributed by atoms with Crippen molar-refractivity contribution in [1.29, 1.82) is 0 Å². The molecule has 0 aliphatic carbocycles. The van der Waals surface area contributed by atoms with Gasteiger partial charge in [-0.25, -0.2) is 4.39 Å². The SMILES string of the molecule is O=C(CCCc1ccc2c(c1)OCO2)N1CCN(C(=O)COc2ccc(F)cc2)CC1. The third-order valence-electron chi connectivity index (χ3n) is 5.45. The number of benzene rings is 2. The smallest absolute Gasteiger partial charge is 0.260 e. The minimum Gasteiger partial charge on any atom is -0.484 e. The quantitative estimate of drug-likeness (QED) is 0.678. The summed E-state index contributed by atoms with van der Waals surface area (Å²) in [4.78, 5) is 28.3. The number of rotatable bonds is 7. The molecule has 2 aliphatic rings. The van der Waals surface area contributed by atoms with Gasteiger partial charge in [0.05, 0.1) is 0 Å². The predicted octanol–water partition coefficient (Wildman–Crippen LogP) is 2.63. The zero-order valence-electron chi connectivity index (χ0n) is 17.2. The fourth-order valence-corrected chi connectivity index (χ4v) is 3.67. The third-order valence-corrected chi connectivity index (χ3v) is 5.45. The summed E-state index contributed by atoms with van der Waals surface area (Å²) < 4.78 is 29.0. The van der Waals surface area contributed by atoms with E-state index in [1.54, 1.807) is 4.90 Å². The van der Waals surface area contributed by atoms with Crippen LogP contribution in [0.2, 0.25) is 0 Å². The highest BCUT2D eigenvalue weighted by atomic mass is 19.1. The molecule has 0 spiro atoms. The minimum absolute atomic E-state index is 0.102. The number of hydrogen-bond acceptors (Lipinski definition) is 5. The number of halogens is 1. The second-order valence-electron chi connectivity index (χ2n) is 7.55. The van der Waals surface area contributed by atoms with Crippen molar-refractivity contribution >= 4 is 11.8 Å². The molecule has 1 fully saturated rings. The summed E-state index contributed by atoms with van der Waals surface area (Å²) in [6.07, 6.45) is 2.01. The number of amides is 2. The largest absolute Gasteiger partial charge is 0.484 e. The monoisotopic (exact) mass is 428 g/mol. The van der Waals surface area contributed by atoms with Gasteiger partial charge in [-0.05, 0) is 54.8 Å². The Labute approximate surface area is 180 Å². The highest BCUT2D eigenvalue weighted by Gasteiger charge is 2.24. The Kier molecular flexibility index (Phi) is 6.54. The number of piperazine rings is 1. The summed E-state index contributed by atoms with van der Waals surface area (Å²) in [5.41, 5.74) is 1.12. The van der Waals surface area contributed by atoms with Gasteiger partial charge in [-0.1, -0.05) is 6.07 Å². The Morgan fingerprint density at radius 3 is 2.32 bits per heavy atom. The van der Waals surface area contributed by atoms with Crippen LogP contribution in [0.1, 0.15) is 18.4 Å². The molecule has 2 amide bonds. The van der Waals surface area contributed by atoms with Gasteiger partial charge >= 0.3 is 0 Å². The van der Waals surface area contributed by atoms with Gasteiger partial charge < -0.3 is 24.0 Å². The number of carbonyl (C=O) groups excluding carboxylic acids is 2. The molecule has 2 aromatic rings. The van der Waals surface area contributed by atoms with Crippen LogP contribution in [0.25, 0.3) is 0 Å². The van der Waals surface area contributed by atoms with Gasteiger partial charge in [-0.3, -0.25) is 9.59 Å². The molecular weight excluding hydrogens is 403 g/mol. The first kappa shape index (κ1) is 21.0. The third kappa shape index (κ3) is 5.45. The van der Waals surface area contributed by atoms with Crippen LogP contribution in [0, 0.1) is 5.82 Å². The molecular formula is C23H25FN2O5. The molecule has 7 nitrogen and oxygen atoms in total. The van der Waals surface area contributed by atoms with E-state index in [2.05, 4.69) is 0 Å². The number of fused-ring (bicyclic) bond motifs is 1. The average molecular weight is 428 g/mol. The fraction of sp³-hybridized carbons (Fsp3) is 0.391. The van der Waals surface area contributed by atoms with E-state index in [1.165, 1.54) is 24.3 Å². The van der Waals surface area contributed by atoms with E-state index in [9.17, 15) is 14.0 Å². The summed E-state index contributed by atoms with van der Waals surface area (Å²) in [5, 5.41) is 0. The maximum Gasteiger partial charge on any atom is 0.260 e. The van der Waals surface area contributed by atoms with Crippen LogP contribution in [0.3, 0.4) is 0 Å². The molecule has 2 heterocycles. The first-order chi connectivity index (χ1) is 15.1. The molecule has 31 heavy (non-hydrogen) atoms. The van der Waals surface area contributed by atoms with Crippen molar-refractivity contribution in [2.24, 2.45) is 0 Å². The lowest BCUT2D eigenvalue weighted by molar-refractivity contribution is -0.140. The Bertz CT molecular complexity index is 926. The summed E-state index contributed by atoms with van der Waals surface area (Å²) in [5.74, 6) is 1.58. The van der Waals surface area contributed by atoms with E-state index in [0.717, 1.165) is 29.9 Å². The average Bonchev–Trinajstić information content (AvgIpc) is 3.26. The van der Waals surface area contributed by atoms with Gasteiger partial charge in [-0.15, -0.1) is 0 Å². The zero-order valence-corrected chi connectivity index (χ0v) is 17.2. The van der Waals surface area contributed by atoms with Crippen molar-refractivity contribution in [3.05, 3.63) is 53.8 Å². The maximum atomic E-state index is 12.9. The second-order valence-corrected chi connectivity index (χ2v) is 7.55. The molecule has 2 aromatic carbocycles. The number of ether oxygens (including phenoxy) is 3. The molecule has 164 valence electrons. The van der Waals surface area contributed by atoms with Crippen LogP contribution in [0.4, 0.5) is 4.39 Å². The Morgan fingerprint density at radius 2 is 1.58 bits per heavy atom. The molecule has 4 rings (SSSR count). The van der Waals surface area contributed by atoms with Gasteiger partial charge in [0.1, 0.15) is 11.6 Å². The predicted molar refractivity (Wildman–Crippen MR) is 111 cm³/mol. The van der Waals surface area contributed by atoms with E-state index in [1.807, 2.05) is 23.1 Å². The van der Waals surface area contributed by atoms with E-state index in [-0.39, 0.29) is 31.0 Å². The second kappa shape index (κ2) is 9.68. The number of hydrogen-bond donors (Lipinski definition) is 0. The van der Waals surface area contributed by atoms with Gasteiger partial charge in [0.25, 0.3) is 5.91 Å². The molecule has 0 saturated carbocycles. The first-order valence-corrected chi connectivity index (χ1v) is 10.4.